The summed E-state index contributed by atoms with van der Waals surface area (Å²) in [5, 5.41) is 4.33. The average molecular weight is 259 g/mol. The molecule has 1 atom stereocenters. The van der Waals surface area contributed by atoms with Gasteiger partial charge in [0.15, 0.2) is 5.78 Å². The Morgan fingerprint density at radius 2 is 2.14 bits per heavy atom. The van der Waals surface area contributed by atoms with Gasteiger partial charge >= 0.3 is 0 Å². The number of carbonyl (C=O) groups excluding carboxylic acids is 1. The molecular formula is C10H15BrN2O. The molecule has 0 saturated heterocycles. The number of halogens is 1. The number of carbonyl (C=O) groups is 1. The molecule has 1 aromatic rings. The van der Waals surface area contributed by atoms with Crippen LogP contribution in [0.15, 0.2) is 4.47 Å². The number of ketones is 1. The van der Waals surface area contributed by atoms with Crippen molar-refractivity contribution in [1.82, 2.24) is 9.78 Å². The van der Waals surface area contributed by atoms with Crippen LogP contribution in [0.2, 0.25) is 0 Å². The molecule has 14 heavy (non-hydrogen) atoms. The van der Waals surface area contributed by atoms with Crippen molar-refractivity contribution in [1.29, 1.82) is 0 Å². The minimum atomic E-state index is -0.162. The highest BCUT2D eigenvalue weighted by atomic mass is 79.9. The average Bonchev–Trinajstić information content (AvgIpc) is 2.43. The van der Waals surface area contributed by atoms with E-state index in [-0.39, 0.29) is 11.8 Å². The number of aromatic nitrogens is 2. The first-order valence-electron chi connectivity index (χ1n) is 4.73. The van der Waals surface area contributed by atoms with Crippen LogP contribution in [0, 0.1) is 13.8 Å². The van der Waals surface area contributed by atoms with Gasteiger partial charge in [0.1, 0.15) is 6.04 Å². The van der Waals surface area contributed by atoms with E-state index in [9.17, 15) is 4.79 Å². The van der Waals surface area contributed by atoms with E-state index in [1.807, 2.05) is 27.7 Å². The number of hydrogen-bond donors (Lipinski definition) is 0. The second kappa shape index (κ2) is 4.26. The van der Waals surface area contributed by atoms with Crippen molar-refractivity contribution in [2.75, 3.05) is 0 Å². The summed E-state index contributed by atoms with van der Waals surface area (Å²) in [5.74, 6) is 0.211. The number of nitrogens with zero attached hydrogens (tertiary/aromatic N) is 2. The molecule has 0 radical (unpaired) electrons. The van der Waals surface area contributed by atoms with Crippen molar-refractivity contribution in [3.05, 3.63) is 15.9 Å². The molecule has 1 heterocycles. The summed E-state index contributed by atoms with van der Waals surface area (Å²) in [6.45, 7) is 7.65. The summed E-state index contributed by atoms with van der Waals surface area (Å²) < 4.78 is 2.78. The molecular weight excluding hydrogens is 244 g/mol. The number of aryl methyl sites for hydroxylation is 1. The van der Waals surface area contributed by atoms with Gasteiger partial charge in [-0.05, 0) is 36.7 Å². The van der Waals surface area contributed by atoms with Crippen LogP contribution in [0.1, 0.15) is 37.7 Å². The van der Waals surface area contributed by atoms with Crippen LogP contribution >= 0.6 is 15.9 Å². The molecule has 0 aliphatic rings. The predicted octanol–water partition coefficient (Wildman–Crippen LogP) is 2.80. The standard InChI is InChI=1S/C10H15BrN2O/c1-5-9(14)7(3)13-8(4)10(11)6(2)12-13/h7H,5H2,1-4H3. The second-order valence-electron chi connectivity index (χ2n) is 3.43. The molecule has 0 spiro atoms. The molecule has 0 bridgehead atoms. The van der Waals surface area contributed by atoms with E-state index < -0.39 is 0 Å². The largest absolute Gasteiger partial charge is 0.297 e. The lowest BCUT2D eigenvalue weighted by Gasteiger charge is -2.11. The second-order valence-corrected chi connectivity index (χ2v) is 4.22. The molecule has 0 saturated carbocycles. The summed E-state index contributed by atoms with van der Waals surface area (Å²) in [5.41, 5.74) is 1.94. The zero-order valence-electron chi connectivity index (χ0n) is 8.97. The Balaban J connectivity index is 3.07. The first-order valence-corrected chi connectivity index (χ1v) is 5.52. The zero-order chi connectivity index (χ0) is 10.9. The van der Waals surface area contributed by atoms with Crippen molar-refractivity contribution >= 4 is 21.7 Å². The maximum Gasteiger partial charge on any atom is 0.156 e. The lowest BCUT2D eigenvalue weighted by molar-refractivity contribution is -0.121. The highest BCUT2D eigenvalue weighted by molar-refractivity contribution is 9.10. The summed E-state index contributed by atoms with van der Waals surface area (Å²) in [6, 6.07) is -0.162. The molecule has 0 aliphatic carbocycles. The molecule has 1 aromatic heterocycles. The molecule has 1 unspecified atom stereocenters. The van der Waals surface area contributed by atoms with Crippen LogP contribution < -0.4 is 0 Å². The number of hydrogen-bond acceptors (Lipinski definition) is 2. The van der Waals surface area contributed by atoms with Crippen molar-refractivity contribution in [3.63, 3.8) is 0 Å². The van der Waals surface area contributed by atoms with Gasteiger partial charge in [0.05, 0.1) is 15.9 Å². The van der Waals surface area contributed by atoms with Gasteiger partial charge in [0, 0.05) is 6.42 Å². The zero-order valence-corrected chi connectivity index (χ0v) is 10.6. The number of rotatable bonds is 3. The molecule has 0 fully saturated rings. The Kier molecular flexibility index (Phi) is 3.48. The van der Waals surface area contributed by atoms with Gasteiger partial charge in [-0.1, -0.05) is 6.92 Å². The fraction of sp³-hybridized carbons (Fsp3) is 0.600. The van der Waals surface area contributed by atoms with Gasteiger partial charge in [-0.15, -0.1) is 0 Å². The normalized spacial score (nSPS) is 12.9. The Hall–Kier alpha value is -0.640. The van der Waals surface area contributed by atoms with Gasteiger partial charge in [0.2, 0.25) is 0 Å². The third-order valence-corrected chi connectivity index (χ3v) is 3.57. The quantitative estimate of drug-likeness (QED) is 0.836. The minimum absolute atomic E-state index is 0.162. The van der Waals surface area contributed by atoms with E-state index in [1.54, 1.807) is 4.68 Å². The van der Waals surface area contributed by atoms with E-state index in [0.717, 1.165) is 15.9 Å². The van der Waals surface area contributed by atoms with Crippen molar-refractivity contribution in [2.24, 2.45) is 0 Å². The topological polar surface area (TPSA) is 34.9 Å². The molecule has 4 heteroatoms. The first kappa shape index (κ1) is 11.4. The molecule has 0 N–H and O–H groups in total. The molecule has 1 rings (SSSR count). The molecule has 78 valence electrons. The van der Waals surface area contributed by atoms with E-state index in [2.05, 4.69) is 21.0 Å². The monoisotopic (exact) mass is 258 g/mol. The third-order valence-electron chi connectivity index (χ3n) is 2.42. The maximum atomic E-state index is 11.5. The predicted molar refractivity (Wildman–Crippen MR) is 59.4 cm³/mol. The van der Waals surface area contributed by atoms with Crippen molar-refractivity contribution < 1.29 is 4.79 Å². The van der Waals surface area contributed by atoms with Crippen LogP contribution in [0.3, 0.4) is 0 Å². The van der Waals surface area contributed by atoms with E-state index in [1.165, 1.54) is 0 Å². The lowest BCUT2D eigenvalue weighted by atomic mass is 10.2. The van der Waals surface area contributed by atoms with Gasteiger partial charge in [-0.3, -0.25) is 9.48 Å². The Bertz CT molecular complexity index is 357. The highest BCUT2D eigenvalue weighted by Crippen LogP contribution is 2.23. The van der Waals surface area contributed by atoms with E-state index >= 15 is 0 Å². The van der Waals surface area contributed by atoms with Crippen LogP contribution in [0.25, 0.3) is 0 Å². The van der Waals surface area contributed by atoms with E-state index in [4.69, 9.17) is 0 Å². The third kappa shape index (κ3) is 1.90. The highest BCUT2D eigenvalue weighted by Gasteiger charge is 2.18. The fourth-order valence-electron chi connectivity index (χ4n) is 1.45. The summed E-state index contributed by atoms with van der Waals surface area (Å²) >= 11 is 3.44. The Morgan fingerprint density at radius 3 is 2.50 bits per heavy atom. The summed E-state index contributed by atoms with van der Waals surface area (Å²) in [6.07, 6.45) is 0.553. The van der Waals surface area contributed by atoms with Crippen molar-refractivity contribution in [3.8, 4) is 0 Å². The molecule has 0 aromatic carbocycles. The van der Waals surface area contributed by atoms with Crippen LogP contribution in [-0.4, -0.2) is 15.6 Å². The van der Waals surface area contributed by atoms with Gasteiger partial charge in [-0.2, -0.15) is 5.10 Å². The van der Waals surface area contributed by atoms with Crippen LogP contribution in [-0.2, 0) is 4.79 Å². The number of Topliss-reactive ketones (excluding diaryl/α,β-unsaturated/α-hetero) is 1. The van der Waals surface area contributed by atoms with Gasteiger partial charge in [-0.25, -0.2) is 0 Å². The lowest BCUT2D eigenvalue weighted by Crippen LogP contribution is -2.17. The van der Waals surface area contributed by atoms with Gasteiger partial charge in [0.25, 0.3) is 0 Å². The minimum Gasteiger partial charge on any atom is -0.297 e. The Morgan fingerprint density at radius 1 is 1.57 bits per heavy atom. The van der Waals surface area contributed by atoms with Crippen LogP contribution in [0.5, 0.6) is 0 Å². The van der Waals surface area contributed by atoms with Crippen molar-refractivity contribution in [2.45, 2.75) is 40.2 Å². The SMILES string of the molecule is CCC(=O)C(C)n1nc(C)c(Br)c1C. The smallest absolute Gasteiger partial charge is 0.156 e. The molecule has 0 amide bonds. The maximum absolute atomic E-state index is 11.5. The first-order chi connectivity index (χ1) is 6.49. The fourth-order valence-corrected chi connectivity index (χ4v) is 1.71. The summed E-state index contributed by atoms with van der Waals surface area (Å²) in [4.78, 5) is 11.5. The molecule has 3 nitrogen and oxygen atoms in total. The Labute approximate surface area is 92.6 Å². The summed E-state index contributed by atoms with van der Waals surface area (Å²) in [7, 11) is 0. The molecule has 0 aliphatic heterocycles. The van der Waals surface area contributed by atoms with Gasteiger partial charge < -0.3 is 0 Å². The van der Waals surface area contributed by atoms with E-state index in [0.29, 0.717) is 6.42 Å². The van der Waals surface area contributed by atoms with Crippen LogP contribution in [0.4, 0.5) is 0 Å².